The maximum Gasteiger partial charge on any atom is 0.327 e. The summed E-state index contributed by atoms with van der Waals surface area (Å²) < 4.78 is 33.3. The summed E-state index contributed by atoms with van der Waals surface area (Å²) in [6.45, 7) is 2.01. The van der Waals surface area contributed by atoms with Crippen molar-refractivity contribution in [1.29, 1.82) is 0 Å². The molecule has 0 saturated carbocycles. The second kappa shape index (κ2) is 9.67. The van der Waals surface area contributed by atoms with Crippen molar-refractivity contribution < 1.29 is 32.6 Å². The Morgan fingerprint density at radius 1 is 1.25 bits per heavy atom. The molecule has 0 rings (SSSR count). The fourth-order valence-electron chi connectivity index (χ4n) is 1.35. The van der Waals surface area contributed by atoms with Crippen molar-refractivity contribution in [3.63, 3.8) is 0 Å². The lowest BCUT2D eigenvalue weighted by Gasteiger charge is -2.13. The first-order chi connectivity index (χ1) is 9.28. The Morgan fingerprint density at radius 2 is 1.90 bits per heavy atom. The van der Waals surface area contributed by atoms with Gasteiger partial charge in [0.2, 0.25) is 5.91 Å². The van der Waals surface area contributed by atoms with E-state index >= 15 is 0 Å². The van der Waals surface area contributed by atoms with Crippen LogP contribution in [0, 0.1) is 0 Å². The molecule has 0 radical (unpaired) electrons. The lowest BCUT2D eigenvalue weighted by atomic mass is 10.3. The molecule has 8 nitrogen and oxygen atoms in total. The van der Waals surface area contributed by atoms with Crippen LogP contribution in [-0.4, -0.2) is 69.9 Å². The summed E-state index contributed by atoms with van der Waals surface area (Å²) in [4.78, 5) is 21.6. The molecule has 0 aliphatic rings. The third-order valence-electron chi connectivity index (χ3n) is 2.27. The Bertz CT molecular complexity index is 407. The SMILES string of the molecule is COCCCOCCS(=O)(=O)C[C@H](NC(C)=O)C(=O)O. The van der Waals surface area contributed by atoms with Gasteiger partial charge in [-0.1, -0.05) is 0 Å². The molecule has 1 atom stereocenters. The quantitative estimate of drug-likeness (QED) is 0.472. The molecule has 0 aromatic rings. The van der Waals surface area contributed by atoms with E-state index in [9.17, 15) is 18.0 Å². The highest BCUT2D eigenvalue weighted by atomic mass is 32.2. The number of rotatable bonds is 11. The summed E-state index contributed by atoms with van der Waals surface area (Å²) in [7, 11) is -2.06. The van der Waals surface area contributed by atoms with Crippen LogP contribution >= 0.6 is 0 Å². The summed E-state index contributed by atoms with van der Waals surface area (Å²) in [5, 5.41) is 10.9. The molecule has 0 unspecified atom stereocenters. The number of hydrogen-bond acceptors (Lipinski definition) is 6. The van der Waals surface area contributed by atoms with Gasteiger partial charge < -0.3 is 19.9 Å². The molecule has 0 aromatic heterocycles. The molecule has 0 bridgehead atoms. The van der Waals surface area contributed by atoms with Crippen molar-refractivity contribution in [3.8, 4) is 0 Å². The van der Waals surface area contributed by atoms with E-state index in [1.54, 1.807) is 7.11 Å². The molecule has 9 heteroatoms. The fraction of sp³-hybridized carbons (Fsp3) is 0.818. The van der Waals surface area contributed by atoms with Crippen LogP contribution in [0.1, 0.15) is 13.3 Å². The van der Waals surface area contributed by atoms with Gasteiger partial charge in [-0.2, -0.15) is 0 Å². The third-order valence-corrected chi connectivity index (χ3v) is 3.90. The number of ether oxygens (including phenoxy) is 2. The van der Waals surface area contributed by atoms with Gasteiger partial charge in [-0.3, -0.25) is 4.79 Å². The van der Waals surface area contributed by atoms with E-state index in [1.165, 1.54) is 0 Å². The molecule has 0 aromatic carbocycles. The van der Waals surface area contributed by atoms with Gasteiger partial charge in [-0.05, 0) is 6.42 Å². The predicted octanol–water partition coefficient (Wildman–Crippen LogP) is -0.956. The van der Waals surface area contributed by atoms with Crippen LogP contribution in [0.15, 0.2) is 0 Å². The second-order valence-corrected chi connectivity index (χ2v) is 6.39. The molecule has 20 heavy (non-hydrogen) atoms. The number of carbonyl (C=O) groups excluding carboxylic acids is 1. The molecule has 0 heterocycles. The maximum atomic E-state index is 11.7. The molecule has 0 fully saturated rings. The molecular weight excluding hydrogens is 290 g/mol. The van der Waals surface area contributed by atoms with Crippen LogP contribution < -0.4 is 5.32 Å². The Hall–Kier alpha value is -1.19. The van der Waals surface area contributed by atoms with Crippen LogP contribution in [0.3, 0.4) is 0 Å². The van der Waals surface area contributed by atoms with Gasteiger partial charge in [0, 0.05) is 27.2 Å². The monoisotopic (exact) mass is 311 g/mol. The lowest BCUT2D eigenvalue weighted by molar-refractivity contribution is -0.140. The van der Waals surface area contributed by atoms with Gasteiger partial charge in [0.05, 0.1) is 18.1 Å². The maximum absolute atomic E-state index is 11.7. The third kappa shape index (κ3) is 9.70. The molecule has 2 N–H and O–H groups in total. The summed E-state index contributed by atoms with van der Waals surface area (Å²) in [5.74, 6) is -2.92. The zero-order chi connectivity index (χ0) is 15.6. The number of carbonyl (C=O) groups is 2. The van der Waals surface area contributed by atoms with Gasteiger partial charge in [0.1, 0.15) is 6.04 Å². The molecule has 118 valence electrons. The van der Waals surface area contributed by atoms with Crippen molar-refractivity contribution >= 4 is 21.7 Å². The highest BCUT2D eigenvalue weighted by Gasteiger charge is 2.25. The lowest BCUT2D eigenvalue weighted by Crippen LogP contribution is -2.45. The number of amides is 1. The first-order valence-electron chi connectivity index (χ1n) is 6.05. The van der Waals surface area contributed by atoms with Crippen molar-refractivity contribution in [2.45, 2.75) is 19.4 Å². The summed E-state index contributed by atoms with van der Waals surface area (Å²) in [6, 6.07) is -1.44. The smallest absolute Gasteiger partial charge is 0.327 e. The Kier molecular flexibility index (Phi) is 9.10. The largest absolute Gasteiger partial charge is 0.480 e. The number of carboxylic acid groups (broad SMARTS) is 1. The fourth-order valence-corrected chi connectivity index (χ4v) is 2.62. The van der Waals surface area contributed by atoms with E-state index < -0.39 is 33.5 Å². The van der Waals surface area contributed by atoms with Gasteiger partial charge in [-0.25, -0.2) is 13.2 Å². The van der Waals surface area contributed by atoms with Crippen molar-refractivity contribution in [2.24, 2.45) is 0 Å². The number of carboxylic acids is 1. The van der Waals surface area contributed by atoms with E-state index in [-0.39, 0.29) is 12.4 Å². The first-order valence-corrected chi connectivity index (χ1v) is 7.87. The van der Waals surface area contributed by atoms with E-state index in [2.05, 4.69) is 5.32 Å². The second-order valence-electron chi connectivity index (χ2n) is 4.16. The summed E-state index contributed by atoms with van der Waals surface area (Å²) >= 11 is 0. The van der Waals surface area contributed by atoms with Crippen molar-refractivity contribution in [3.05, 3.63) is 0 Å². The normalized spacial score (nSPS) is 12.9. The van der Waals surface area contributed by atoms with Gasteiger partial charge in [0.15, 0.2) is 9.84 Å². The van der Waals surface area contributed by atoms with E-state index in [4.69, 9.17) is 14.6 Å². The Labute approximate surface area is 118 Å². The minimum absolute atomic E-state index is 0.0154. The van der Waals surface area contributed by atoms with Crippen LogP contribution in [0.25, 0.3) is 0 Å². The predicted molar refractivity (Wildman–Crippen MR) is 71.2 cm³/mol. The average molecular weight is 311 g/mol. The molecule has 1 amide bonds. The zero-order valence-electron chi connectivity index (χ0n) is 11.6. The number of sulfone groups is 1. The average Bonchev–Trinajstić information content (AvgIpc) is 2.31. The summed E-state index contributed by atoms with van der Waals surface area (Å²) in [6.07, 6.45) is 0.653. The minimum Gasteiger partial charge on any atom is -0.480 e. The minimum atomic E-state index is -3.62. The van der Waals surface area contributed by atoms with Crippen LogP contribution in [0.5, 0.6) is 0 Å². The van der Waals surface area contributed by atoms with Gasteiger partial charge >= 0.3 is 5.97 Å². The number of methoxy groups -OCH3 is 1. The molecule has 0 aliphatic carbocycles. The van der Waals surface area contributed by atoms with Crippen LogP contribution in [-0.2, 0) is 28.9 Å². The van der Waals surface area contributed by atoms with Crippen molar-refractivity contribution in [2.75, 3.05) is 38.4 Å². The highest BCUT2D eigenvalue weighted by Crippen LogP contribution is 1.97. The van der Waals surface area contributed by atoms with Gasteiger partial charge in [-0.15, -0.1) is 0 Å². The Morgan fingerprint density at radius 3 is 2.40 bits per heavy atom. The first kappa shape index (κ1) is 18.8. The molecular formula is C11H21NO7S. The van der Waals surface area contributed by atoms with E-state index in [0.717, 1.165) is 6.92 Å². The molecule has 0 aliphatic heterocycles. The standard InChI is InChI=1S/C11H21NO7S/c1-9(13)12-10(11(14)15)8-20(16,17)7-6-19-5-3-4-18-2/h10H,3-8H2,1-2H3,(H,12,13)(H,14,15)/t10-/m0/s1. The molecule has 0 spiro atoms. The number of nitrogens with one attached hydrogen (secondary N) is 1. The summed E-state index contributed by atoms with van der Waals surface area (Å²) in [5.41, 5.74) is 0. The van der Waals surface area contributed by atoms with E-state index in [1.807, 2.05) is 0 Å². The Balaban J connectivity index is 4.15. The molecule has 0 saturated heterocycles. The van der Waals surface area contributed by atoms with Crippen LogP contribution in [0.2, 0.25) is 0 Å². The van der Waals surface area contributed by atoms with Crippen molar-refractivity contribution in [1.82, 2.24) is 5.32 Å². The van der Waals surface area contributed by atoms with Gasteiger partial charge in [0.25, 0.3) is 0 Å². The van der Waals surface area contributed by atoms with E-state index in [0.29, 0.717) is 19.6 Å². The number of aliphatic carboxylic acids is 1. The van der Waals surface area contributed by atoms with Crippen LogP contribution in [0.4, 0.5) is 0 Å². The topological polar surface area (TPSA) is 119 Å². The highest BCUT2D eigenvalue weighted by molar-refractivity contribution is 7.91. The number of hydrogen-bond donors (Lipinski definition) is 2. The zero-order valence-corrected chi connectivity index (χ0v) is 12.4.